The number of amides is 2. The molecule has 0 spiro atoms. The van der Waals surface area contributed by atoms with Crippen molar-refractivity contribution in [3.63, 3.8) is 0 Å². The predicted octanol–water partition coefficient (Wildman–Crippen LogP) is 4.94. The maximum Gasteiger partial charge on any atom is 0.300 e. The molecule has 184 valence electrons. The monoisotopic (exact) mass is 506 g/mol. The third-order valence-electron chi connectivity index (χ3n) is 5.76. The Morgan fingerprint density at radius 3 is 2.22 bits per heavy atom. The smallest absolute Gasteiger partial charge is 0.300 e. The number of rotatable bonds is 6. The van der Waals surface area contributed by atoms with Gasteiger partial charge in [0.25, 0.3) is 11.7 Å². The Morgan fingerprint density at radius 2 is 1.64 bits per heavy atom. The molecule has 4 rings (SSSR count). The van der Waals surface area contributed by atoms with E-state index in [1.54, 1.807) is 60.7 Å². The second-order valence-corrected chi connectivity index (χ2v) is 8.45. The summed E-state index contributed by atoms with van der Waals surface area (Å²) in [5.41, 5.74) is 1.58. The van der Waals surface area contributed by atoms with E-state index in [2.05, 4.69) is 5.32 Å². The van der Waals surface area contributed by atoms with E-state index in [1.807, 2.05) is 0 Å². The van der Waals surface area contributed by atoms with Crippen LogP contribution in [0.2, 0.25) is 5.02 Å². The second-order valence-electron chi connectivity index (χ2n) is 8.01. The molecule has 0 bridgehead atoms. The van der Waals surface area contributed by atoms with Crippen LogP contribution in [0.4, 0.5) is 11.4 Å². The molecule has 1 aliphatic rings. The van der Waals surface area contributed by atoms with Gasteiger partial charge in [0.1, 0.15) is 17.3 Å². The van der Waals surface area contributed by atoms with Crippen molar-refractivity contribution in [2.75, 3.05) is 24.4 Å². The predicted molar refractivity (Wildman–Crippen MR) is 137 cm³/mol. The maximum absolute atomic E-state index is 13.3. The van der Waals surface area contributed by atoms with Gasteiger partial charge in [0, 0.05) is 23.3 Å². The van der Waals surface area contributed by atoms with E-state index < -0.39 is 23.5 Å². The maximum atomic E-state index is 13.3. The van der Waals surface area contributed by atoms with Crippen molar-refractivity contribution in [2.45, 2.75) is 13.0 Å². The molecular formula is C27H23ClN2O6. The summed E-state index contributed by atoms with van der Waals surface area (Å²) in [4.78, 5) is 39.4. The summed E-state index contributed by atoms with van der Waals surface area (Å²) in [5, 5.41) is 14.3. The average Bonchev–Trinajstić information content (AvgIpc) is 3.14. The molecule has 1 aliphatic heterocycles. The molecule has 0 radical (unpaired) electrons. The zero-order valence-electron chi connectivity index (χ0n) is 19.7. The zero-order valence-corrected chi connectivity index (χ0v) is 20.5. The van der Waals surface area contributed by atoms with Crippen LogP contribution in [0.1, 0.15) is 24.1 Å². The summed E-state index contributed by atoms with van der Waals surface area (Å²) in [5.74, 6) is -1.45. The number of aliphatic hydroxyl groups is 1. The molecule has 1 unspecified atom stereocenters. The van der Waals surface area contributed by atoms with Gasteiger partial charge in [0.05, 0.1) is 31.4 Å². The number of hydrogen-bond acceptors (Lipinski definition) is 6. The Morgan fingerprint density at radius 1 is 0.972 bits per heavy atom. The van der Waals surface area contributed by atoms with Crippen molar-refractivity contribution in [1.82, 2.24) is 0 Å². The van der Waals surface area contributed by atoms with Crippen LogP contribution in [-0.2, 0) is 14.4 Å². The second kappa shape index (κ2) is 10.1. The van der Waals surface area contributed by atoms with Crippen LogP contribution >= 0.6 is 11.6 Å². The molecule has 8 nitrogen and oxygen atoms in total. The van der Waals surface area contributed by atoms with Gasteiger partial charge in [-0.2, -0.15) is 0 Å². The van der Waals surface area contributed by atoms with Gasteiger partial charge >= 0.3 is 0 Å². The first kappa shape index (κ1) is 24.8. The highest BCUT2D eigenvalue weighted by Gasteiger charge is 2.47. The van der Waals surface area contributed by atoms with Crippen molar-refractivity contribution in [1.29, 1.82) is 0 Å². The summed E-state index contributed by atoms with van der Waals surface area (Å²) in [6.07, 6.45) is 0. The molecular weight excluding hydrogens is 484 g/mol. The lowest BCUT2D eigenvalue weighted by atomic mass is 9.94. The molecule has 0 aromatic heterocycles. The Bertz CT molecular complexity index is 1370. The van der Waals surface area contributed by atoms with Gasteiger partial charge < -0.3 is 19.9 Å². The molecule has 2 N–H and O–H groups in total. The van der Waals surface area contributed by atoms with Crippen LogP contribution in [0, 0.1) is 0 Å². The first-order valence-corrected chi connectivity index (χ1v) is 11.3. The van der Waals surface area contributed by atoms with E-state index >= 15 is 0 Å². The number of aliphatic hydroxyl groups excluding tert-OH is 1. The van der Waals surface area contributed by atoms with Crippen LogP contribution in [0.15, 0.2) is 72.3 Å². The zero-order chi connectivity index (χ0) is 26.0. The third-order valence-corrected chi connectivity index (χ3v) is 5.99. The number of halogens is 1. The van der Waals surface area contributed by atoms with Crippen molar-refractivity contribution >= 4 is 46.3 Å². The minimum absolute atomic E-state index is 0.114. The average molecular weight is 507 g/mol. The fourth-order valence-corrected chi connectivity index (χ4v) is 4.29. The molecule has 9 heteroatoms. The SMILES string of the molecule is COc1ccc(C2/C(=C(\O)c3cc(Cl)ccc3OC)C(=O)C(=O)N2c2ccc(NC(C)=O)cc2)cc1. The molecule has 1 heterocycles. The van der Waals surface area contributed by atoms with Crippen LogP contribution in [-0.4, -0.2) is 36.9 Å². The molecule has 1 saturated heterocycles. The Kier molecular flexibility index (Phi) is 6.98. The summed E-state index contributed by atoms with van der Waals surface area (Å²) in [6, 6.07) is 17.0. The normalized spacial score (nSPS) is 16.7. The summed E-state index contributed by atoms with van der Waals surface area (Å²) in [7, 11) is 2.96. The highest BCUT2D eigenvalue weighted by molar-refractivity contribution is 6.51. The van der Waals surface area contributed by atoms with Crippen LogP contribution in [0.25, 0.3) is 5.76 Å². The van der Waals surface area contributed by atoms with E-state index in [-0.39, 0.29) is 22.8 Å². The van der Waals surface area contributed by atoms with Gasteiger partial charge in [0.2, 0.25) is 5.91 Å². The van der Waals surface area contributed by atoms with Gasteiger partial charge in [-0.1, -0.05) is 23.7 Å². The highest BCUT2D eigenvalue weighted by atomic mass is 35.5. The molecule has 36 heavy (non-hydrogen) atoms. The van der Waals surface area contributed by atoms with Gasteiger partial charge in [0.15, 0.2) is 0 Å². The fourth-order valence-electron chi connectivity index (χ4n) is 4.12. The molecule has 3 aromatic rings. The lowest BCUT2D eigenvalue weighted by Crippen LogP contribution is -2.29. The lowest BCUT2D eigenvalue weighted by Gasteiger charge is -2.26. The summed E-state index contributed by atoms with van der Waals surface area (Å²) >= 11 is 6.16. The van der Waals surface area contributed by atoms with Gasteiger partial charge in [-0.05, 0) is 60.2 Å². The fraction of sp³-hybridized carbons (Fsp3) is 0.148. The lowest BCUT2D eigenvalue weighted by molar-refractivity contribution is -0.132. The Labute approximate surface area is 212 Å². The van der Waals surface area contributed by atoms with Crippen molar-refractivity contribution in [3.8, 4) is 11.5 Å². The van der Waals surface area contributed by atoms with Crippen molar-refractivity contribution < 1.29 is 29.0 Å². The first-order chi connectivity index (χ1) is 17.2. The molecule has 1 fully saturated rings. The quantitative estimate of drug-likeness (QED) is 0.279. The van der Waals surface area contributed by atoms with E-state index in [4.69, 9.17) is 21.1 Å². The highest BCUT2D eigenvalue weighted by Crippen LogP contribution is 2.44. The number of anilines is 2. The van der Waals surface area contributed by atoms with Gasteiger partial charge in [-0.25, -0.2) is 0 Å². The van der Waals surface area contributed by atoms with Crippen LogP contribution in [0.5, 0.6) is 11.5 Å². The van der Waals surface area contributed by atoms with Crippen LogP contribution in [0.3, 0.4) is 0 Å². The number of carbonyl (C=O) groups excluding carboxylic acids is 3. The molecule has 0 aliphatic carbocycles. The number of hydrogen-bond donors (Lipinski definition) is 2. The van der Waals surface area contributed by atoms with Crippen LogP contribution < -0.4 is 19.7 Å². The number of ketones is 1. The Balaban J connectivity index is 1.91. The van der Waals surface area contributed by atoms with Gasteiger partial charge in [-0.3, -0.25) is 19.3 Å². The first-order valence-electron chi connectivity index (χ1n) is 10.9. The largest absolute Gasteiger partial charge is 0.507 e. The number of carbonyl (C=O) groups is 3. The molecule has 1 atom stereocenters. The topological polar surface area (TPSA) is 105 Å². The van der Waals surface area contributed by atoms with Crippen molar-refractivity contribution in [2.24, 2.45) is 0 Å². The number of benzene rings is 3. The standard InChI is InChI=1S/C27H23ClN2O6/c1-15(31)29-18-7-9-19(10-8-18)30-24(16-4-11-20(35-2)12-5-16)23(26(33)27(30)34)25(32)21-14-17(28)6-13-22(21)36-3/h4-14,24,32H,1-3H3,(H,29,31)/b25-23+. The molecule has 3 aromatic carbocycles. The number of ether oxygens (including phenoxy) is 2. The summed E-state index contributed by atoms with van der Waals surface area (Å²) in [6.45, 7) is 1.39. The van der Waals surface area contributed by atoms with Crippen molar-refractivity contribution in [3.05, 3.63) is 88.5 Å². The molecule has 2 amide bonds. The number of nitrogens with zero attached hydrogens (tertiary/aromatic N) is 1. The number of methoxy groups -OCH3 is 2. The number of Topliss-reactive ketones (excluding diaryl/α,β-unsaturated/α-hetero) is 1. The molecule has 0 saturated carbocycles. The number of nitrogens with one attached hydrogen (secondary N) is 1. The minimum Gasteiger partial charge on any atom is -0.507 e. The Hall–Kier alpha value is -4.30. The van der Waals surface area contributed by atoms with E-state index in [0.717, 1.165) is 0 Å². The van der Waals surface area contributed by atoms with E-state index in [0.29, 0.717) is 27.7 Å². The third kappa shape index (κ3) is 4.63. The van der Waals surface area contributed by atoms with E-state index in [9.17, 15) is 19.5 Å². The van der Waals surface area contributed by atoms with Gasteiger partial charge in [-0.15, -0.1) is 0 Å². The minimum atomic E-state index is -0.953. The summed E-state index contributed by atoms with van der Waals surface area (Å²) < 4.78 is 10.6. The van der Waals surface area contributed by atoms with E-state index in [1.165, 1.54) is 32.1 Å².